The molecule has 0 spiro atoms. The molecule has 1 saturated heterocycles. The molecular formula is C18H29N3O. The van der Waals surface area contributed by atoms with Crippen LogP contribution in [0.4, 0.5) is 5.69 Å². The zero-order valence-corrected chi connectivity index (χ0v) is 14.4. The fourth-order valence-electron chi connectivity index (χ4n) is 2.72. The summed E-state index contributed by atoms with van der Waals surface area (Å²) in [6.07, 6.45) is 0. The molecule has 1 fully saturated rings. The Kier molecular flexibility index (Phi) is 5.46. The minimum atomic E-state index is 0.145. The van der Waals surface area contributed by atoms with Gasteiger partial charge in [-0.1, -0.05) is 19.9 Å². The van der Waals surface area contributed by atoms with Gasteiger partial charge in [0.25, 0.3) is 5.91 Å². The molecule has 2 rings (SSSR count). The molecule has 1 heterocycles. The molecule has 1 aliphatic heterocycles. The summed E-state index contributed by atoms with van der Waals surface area (Å²) in [5.41, 5.74) is 2.93. The summed E-state index contributed by atoms with van der Waals surface area (Å²) in [4.78, 5) is 14.8. The first kappa shape index (κ1) is 16.8. The minimum absolute atomic E-state index is 0.145. The Balaban J connectivity index is 2.19. The number of carbonyl (C=O) groups excluding carboxylic acids is 1. The molecule has 1 aromatic carbocycles. The number of carbonyl (C=O) groups is 1. The number of benzene rings is 1. The van der Waals surface area contributed by atoms with E-state index in [0.29, 0.717) is 18.0 Å². The Morgan fingerprint density at radius 3 is 2.73 bits per heavy atom. The standard InChI is InChI=1S/C18H29N3O/c1-12(2)15(5)20-17-8-6-7-16(14(17)4)18(22)21-10-9-19-13(3)11-21/h6-8,12-13,15,19-20H,9-11H2,1-5H3. The topological polar surface area (TPSA) is 44.4 Å². The summed E-state index contributed by atoms with van der Waals surface area (Å²) < 4.78 is 0. The number of hydrogen-bond donors (Lipinski definition) is 2. The van der Waals surface area contributed by atoms with Gasteiger partial charge in [-0.3, -0.25) is 4.79 Å². The highest BCUT2D eigenvalue weighted by atomic mass is 16.2. The summed E-state index contributed by atoms with van der Waals surface area (Å²) in [7, 11) is 0. The molecule has 0 aliphatic carbocycles. The Labute approximate surface area is 134 Å². The van der Waals surface area contributed by atoms with Crippen LogP contribution in [0, 0.1) is 12.8 Å². The Bertz CT molecular complexity index is 527. The van der Waals surface area contributed by atoms with Gasteiger partial charge in [-0.05, 0) is 44.4 Å². The van der Waals surface area contributed by atoms with E-state index in [2.05, 4.69) is 44.4 Å². The fourth-order valence-corrected chi connectivity index (χ4v) is 2.72. The number of hydrogen-bond acceptors (Lipinski definition) is 3. The second kappa shape index (κ2) is 7.14. The van der Waals surface area contributed by atoms with Crippen LogP contribution in [0.3, 0.4) is 0 Å². The van der Waals surface area contributed by atoms with Crippen molar-refractivity contribution >= 4 is 11.6 Å². The van der Waals surface area contributed by atoms with Crippen molar-refractivity contribution in [2.75, 3.05) is 25.0 Å². The summed E-state index contributed by atoms with van der Waals surface area (Å²) in [5, 5.41) is 6.91. The first-order valence-electron chi connectivity index (χ1n) is 8.29. The number of rotatable bonds is 4. The third-order valence-corrected chi connectivity index (χ3v) is 4.60. The molecule has 122 valence electrons. The summed E-state index contributed by atoms with van der Waals surface area (Å²) >= 11 is 0. The molecule has 2 N–H and O–H groups in total. The molecule has 4 heteroatoms. The molecule has 2 unspecified atom stereocenters. The molecule has 22 heavy (non-hydrogen) atoms. The molecule has 1 aromatic rings. The lowest BCUT2D eigenvalue weighted by molar-refractivity contribution is 0.0708. The summed E-state index contributed by atoms with van der Waals surface area (Å²) in [5.74, 6) is 0.694. The van der Waals surface area contributed by atoms with Gasteiger partial charge < -0.3 is 15.5 Å². The van der Waals surface area contributed by atoms with E-state index in [1.165, 1.54) is 0 Å². The van der Waals surface area contributed by atoms with Crippen molar-refractivity contribution in [3.63, 3.8) is 0 Å². The Morgan fingerprint density at radius 1 is 1.36 bits per heavy atom. The minimum Gasteiger partial charge on any atom is -0.382 e. The first-order valence-corrected chi connectivity index (χ1v) is 8.29. The molecule has 0 saturated carbocycles. The maximum Gasteiger partial charge on any atom is 0.254 e. The van der Waals surface area contributed by atoms with Crippen LogP contribution >= 0.6 is 0 Å². The van der Waals surface area contributed by atoms with E-state index in [9.17, 15) is 4.79 Å². The molecule has 0 bridgehead atoms. The average Bonchev–Trinajstić information content (AvgIpc) is 2.48. The zero-order chi connectivity index (χ0) is 16.3. The molecule has 2 atom stereocenters. The van der Waals surface area contributed by atoms with Gasteiger partial charge in [0.1, 0.15) is 0 Å². The quantitative estimate of drug-likeness (QED) is 0.899. The highest BCUT2D eigenvalue weighted by molar-refractivity contribution is 5.97. The zero-order valence-electron chi connectivity index (χ0n) is 14.4. The van der Waals surface area contributed by atoms with Gasteiger partial charge in [0.15, 0.2) is 0 Å². The van der Waals surface area contributed by atoms with Crippen molar-refractivity contribution in [3.05, 3.63) is 29.3 Å². The van der Waals surface area contributed by atoms with Gasteiger partial charge in [-0.15, -0.1) is 0 Å². The van der Waals surface area contributed by atoms with E-state index in [4.69, 9.17) is 0 Å². The van der Waals surface area contributed by atoms with Gasteiger partial charge >= 0.3 is 0 Å². The van der Waals surface area contributed by atoms with Gasteiger partial charge in [0.05, 0.1) is 0 Å². The van der Waals surface area contributed by atoms with Gasteiger partial charge in [0, 0.05) is 43.0 Å². The molecule has 0 aromatic heterocycles. The van der Waals surface area contributed by atoms with Crippen molar-refractivity contribution in [2.45, 2.75) is 46.7 Å². The van der Waals surface area contributed by atoms with Crippen molar-refractivity contribution in [1.82, 2.24) is 10.2 Å². The molecular weight excluding hydrogens is 274 g/mol. The highest BCUT2D eigenvalue weighted by Crippen LogP contribution is 2.23. The van der Waals surface area contributed by atoms with Crippen LogP contribution in [0.2, 0.25) is 0 Å². The van der Waals surface area contributed by atoms with Gasteiger partial charge in [0.2, 0.25) is 0 Å². The van der Waals surface area contributed by atoms with E-state index in [0.717, 1.165) is 36.4 Å². The third kappa shape index (κ3) is 3.80. The van der Waals surface area contributed by atoms with Crippen molar-refractivity contribution in [2.24, 2.45) is 5.92 Å². The lowest BCUT2D eigenvalue weighted by Gasteiger charge is -2.32. The van der Waals surface area contributed by atoms with Crippen molar-refractivity contribution in [3.8, 4) is 0 Å². The number of nitrogens with zero attached hydrogens (tertiary/aromatic N) is 1. The van der Waals surface area contributed by atoms with Crippen LogP contribution in [0.25, 0.3) is 0 Å². The lowest BCUT2D eigenvalue weighted by atomic mass is 10.0. The Morgan fingerprint density at radius 2 is 2.09 bits per heavy atom. The highest BCUT2D eigenvalue weighted by Gasteiger charge is 2.23. The van der Waals surface area contributed by atoms with Crippen LogP contribution in [-0.2, 0) is 0 Å². The second-order valence-corrected chi connectivity index (χ2v) is 6.76. The number of amides is 1. The van der Waals surface area contributed by atoms with E-state index < -0.39 is 0 Å². The third-order valence-electron chi connectivity index (χ3n) is 4.60. The van der Waals surface area contributed by atoms with Gasteiger partial charge in [-0.2, -0.15) is 0 Å². The number of nitrogens with one attached hydrogen (secondary N) is 2. The number of anilines is 1. The molecule has 1 amide bonds. The molecule has 4 nitrogen and oxygen atoms in total. The van der Waals surface area contributed by atoms with Crippen molar-refractivity contribution < 1.29 is 4.79 Å². The maximum atomic E-state index is 12.8. The van der Waals surface area contributed by atoms with Crippen LogP contribution in [0.15, 0.2) is 18.2 Å². The normalized spacial score (nSPS) is 20.1. The van der Waals surface area contributed by atoms with E-state index in [-0.39, 0.29) is 5.91 Å². The van der Waals surface area contributed by atoms with E-state index in [1.54, 1.807) is 0 Å². The largest absolute Gasteiger partial charge is 0.382 e. The van der Waals surface area contributed by atoms with Crippen LogP contribution in [-0.4, -0.2) is 42.5 Å². The summed E-state index contributed by atoms with van der Waals surface area (Å²) in [6, 6.07) is 6.71. The smallest absolute Gasteiger partial charge is 0.254 e. The fraction of sp³-hybridized carbons (Fsp3) is 0.611. The van der Waals surface area contributed by atoms with Crippen LogP contribution < -0.4 is 10.6 Å². The lowest BCUT2D eigenvalue weighted by Crippen LogP contribution is -2.51. The maximum absolute atomic E-state index is 12.8. The first-order chi connectivity index (χ1) is 10.4. The average molecular weight is 303 g/mol. The second-order valence-electron chi connectivity index (χ2n) is 6.76. The predicted molar refractivity (Wildman–Crippen MR) is 92.5 cm³/mol. The molecule has 0 radical (unpaired) electrons. The van der Waals surface area contributed by atoms with E-state index >= 15 is 0 Å². The SMILES string of the molecule is Cc1c(NC(C)C(C)C)cccc1C(=O)N1CCNC(C)C1. The van der Waals surface area contributed by atoms with Crippen LogP contribution in [0.5, 0.6) is 0 Å². The van der Waals surface area contributed by atoms with Crippen LogP contribution in [0.1, 0.15) is 43.6 Å². The molecule has 1 aliphatic rings. The van der Waals surface area contributed by atoms with Gasteiger partial charge in [-0.25, -0.2) is 0 Å². The monoisotopic (exact) mass is 303 g/mol. The van der Waals surface area contributed by atoms with E-state index in [1.807, 2.05) is 24.0 Å². The van der Waals surface area contributed by atoms with Crippen molar-refractivity contribution in [1.29, 1.82) is 0 Å². The summed E-state index contributed by atoms with van der Waals surface area (Å²) in [6.45, 7) is 13.2. The predicted octanol–water partition coefficient (Wildman–Crippen LogP) is 2.89. The Hall–Kier alpha value is -1.55. The number of piperazine rings is 1.